The molecule has 1 aromatic heterocycles. The molecule has 0 bridgehead atoms. The fraction of sp³-hybridized carbons (Fsp3) is 0.643. The SMILES string of the molecule is CCCN1C(=O)C2CCCCCN2c2nc(Cl)ncc21. The summed E-state index contributed by atoms with van der Waals surface area (Å²) in [5.74, 6) is 1.01. The zero-order chi connectivity index (χ0) is 14.1. The second kappa shape index (κ2) is 5.56. The number of hydrogen-bond acceptors (Lipinski definition) is 4. The largest absolute Gasteiger partial charge is 0.343 e. The average molecular weight is 295 g/mol. The van der Waals surface area contributed by atoms with Crippen LogP contribution in [-0.4, -0.2) is 35.0 Å². The van der Waals surface area contributed by atoms with Crippen molar-refractivity contribution in [2.75, 3.05) is 22.9 Å². The molecule has 0 N–H and O–H groups in total. The maximum atomic E-state index is 12.7. The number of anilines is 2. The summed E-state index contributed by atoms with van der Waals surface area (Å²) < 4.78 is 0. The van der Waals surface area contributed by atoms with Crippen LogP contribution in [0.4, 0.5) is 11.5 Å². The normalized spacial score (nSPS) is 22.3. The zero-order valence-corrected chi connectivity index (χ0v) is 12.4. The first-order valence-corrected chi connectivity index (χ1v) is 7.70. The Morgan fingerprint density at radius 1 is 1.40 bits per heavy atom. The summed E-state index contributed by atoms with van der Waals surface area (Å²) in [5.41, 5.74) is 0.805. The number of carbonyl (C=O) groups excluding carboxylic acids is 1. The van der Waals surface area contributed by atoms with E-state index < -0.39 is 0 Å². The van der Waals surface area contributed by atoms with E-state index in [0.717, 1.165) is 43.7 Å². The van der Waals surface area contributed by atoms with E-state index in [-0.39, 0.29) is 17.2 Å². The quantitative estimate of drug-likeness (QED) is 0.787. The van der Waals surface area contributed by atoms with E-state index >= 15 is 0 Å². The molecular weight excluding hydrogens is 276 g/mol. The van der Waals surface area contributed by atoms with E-state index in [1.807, 2.05) is 4.90 Å². The Morgan fingerprint density at radius 3 is 3.05 bits per heavy atom. The lowest BCUT2D eigenvalue weighted by atomic mass is 10.1. The maximum absolute atomic E-state index is 12.7. The van der Waals surface area contributed by atoms with Gasteiger partial charge in [0.1, 0.15) is 11.7 Å². The van der Waals surface area contributed by atoms with E-state index in [9.17, 15) is 4.79 Å². The van der Waals surface area contributed by atoms with Crippen LogP contribution in [0.5, 0.6) is 0 Å². The van der Waals surface area contributed by atoms with Gasteiger partial charge in [0.2, 0.25) is 11.2 Å². The van der Waals surface area contributed by atoms with Crippen molar-refractivity contribution >= 4 is 29.0 Å². The summed E-state index contributed by atoms with van der Waals surface area (Å²) in [5, 5.41) is 0.248. The highest BCUT2D eigenvalue weighted by atomic mass is 35.5. The number of rotatable bonds is 2. The van der Waals surface area contributed by atoms with Crippen LogP contribution in [0.2, 0.25) is 5.28 Å². The number of carbonyl (C=O) groups is 1. The van der Waals surface area contributed by atoms with Gasteiger partial charge in [0.15, 0.2) is 5.82 Å². The Hall–Kier alpha value is -1.36. The van der Waals surface area contributed by atoms with Gasteiger partial charge in [-0.25, -0.2) is 4.98 Å². The molecular formula is C14H19ClN4O. The molecule has 0 aliphatic carbocycles. The van der Waals surface area contributed by atoms with E-state index in [2.05, 4.69) is 21.8 Å². The number of aromatic nitrogens is 2. The summed E-state index contributed by atoms with van der Waals surface area (Å²) in [6.45, 7) is 3.65. The number of hydrogen-bond donors (Lipinski definition) is 0. The molecule has 1 fully saturated rings. The highest BCUT2D eigenvalue weighted by Crippen LogP contribution is 2.37. The second-order valence-electron chi connectivity index (χ2n) is 5.40. The van der Waals surface area contributed by atoms with Crippen molar-refractivity contribution in [3.05, 3.63) is 11.5 Å². The minimum Gasteiger partial charge on any atom is -0.343 e. The molecule has 0 spiro atoms. The van der Waals surface area contributed by atoms with Crippen LogP contribution in [0.15, 0.2) is 6.20 Å². The molecule has 1 amide bonds. The lowest BCUT2D eigenvalue weighted by molar-refractivity contribution is -0.120. The van der Waals surface area contributed by atoms with Gasteiger partial charge in [-0.05, 0) is 30.9 Å². The van der Waals surface area contributed by atoms with Crippen molar-refractivity contribution in [2.45, 2.75) is 45.1 Å². The zero-order valence-electron chi connectivity index (χ0n) is 11.7. The van der Waals surface area contributed by atoms with E-state index in [4.69, 9.17) is 11.6 Å². The van der Waals surface area contributed by atoms with Gasteiger partial charge in [0, 0.05) is 13.1 Å². The molecule has 1 aromatic rings. The van der Waals surface area contributed by atoms with Gasteiger partial charge in [0.05, 0.1) is 6.20 Å². The molecule has 1 saturated heterocycles. The summed E-state index contributed by atoms with van der Waals surface area (Å²) >= 11 is 5.96. The predicted molar refractivity (Wildman–Crippen MR) is 79.3 cm³/mol. The molecule has 1 unspecified atom stereocenters. The van der Waals surface area contributed by atoms with Gasteiger partial charge in [-0.2, -0.15) is 4.98 Å². The lowest BCUT2D eigenvalue weighted by Gasteiger charge is -2.41. The molecule has 0 saturated carbocycles. The van der Waals surface area contributed by atoms with Crippen molar-refractivity contribution in [3.63, 3.8) is 0 Å². The standard InChI is InChI=1S/C14H19ClN4O/c1-2-7-19-11-9-16-14(15)17-12(11)18-8-5-3-4-6-10(18)13(19)20/h9-10H,2-8H2,1H3. The van der Waals surface area contributed by atoms with Crippen LogP contribution in [0, 0.1) is 0 Å². The summed E-state index contributed by atoms with van der Waals surface area (Å²) in [4.78, 5) is 25.2. The Balaban J connectivity index is 2.08. The van der Waals surface area contributed by atoms with Gasteiger partial charge >= 0.3 is 0 Å². The second-order valence-corrected chi connectivity index (χ2v) is 5.73. The average Bonchev–Trinajstić information content (AvgIpc) is 2.69. The number of nitrogens with zero attached hydrogens (tertiary/aromatic N) is 4. The highest BCUT2D eigenvalue weighted by Gasteiger charge is 2.39. The Bertz CT molecular complexity index is 522. The van der Waals surface area contributed by atoms with Crippen molar-refractivity contribution < 1.29 is 4.79 Å². The third kappa shape index (κ3) is 2.24. The third-order valence-electron chi connectivity index (χ3n) is 4.03. The van der Waals surface area contributed by atoms with Crippen LogP contribution in [-0.2, 0) is 4.79 Å². The monoisotopic (exact) mass is 294 g/mol. The molecule has 108 valence electrons. The third-order valence-corrected chi connectivity index (χ3v) is 4.22. The first-order valence-electron chi connectivity index (χ1n) is 7.33. The first kappa shape index (κ1) is 13.6. The van der Waals surface area contributed by atoms with Gasteiger partial charge in [-0.1, -0.05) is 19.8 Å². The molecule has 2 aliphatic heterocycles. The van der Waals surface area contributed by atoms with Crippen molar-refractivity contribution in [1.82, 2.24) is 9.97 Å². The minimum absolute atomic E-state index is 0.0810. The first-order chi connectivity index (χ1) is 9.72. The summed E-state index contributed by atoms with van der Waals surface area (Å²) in [7, 11) is 0. The molecule has 3 heterocycles. The summed E-state index contributed by atoms with van der Waals surface area (Å²) in [6, 6.07) is -0.0810. The Morgan fingerprint density at radius 2 is 2.25 bits per heavy atom. The smallest absolute Gasteiger partial charge is 0.249 e. The fourth-order valence-corrected chi connectivity index (χ4v) is 3.25. The van der Waals surface area contributed by atoms with Gasteiger partial charge in [-0.15, -0.1) is 0 Å². The molecule has 2 aliphatic rings. The number of halogens is 1. The minimum atomic E-state index is -0.0810. The van der Waals surface area contributed by atoms with Crippen LogP contribution in [0.3, 0.4) is 0 Å². The number of amides is 1. The molecule has 5 nitrogen and oxygen atoms in total. The molecule has 3 rings (SSSR count). The van der Waals surface area contributed by atoms with E-state index in [1.165, 1.54) is 6.42 Å². The lowest BCUT2D eigenvalue weighted by Crippen LogP contribution is -2.53. The molecule has 1 atom stereocenters. The Kier molecular flexibility index (Phi) is 3.78. The van der Waals surface area contributed by atoms with Gasteiger partial charge < -0.3 is 9.80 Å². The number of fused-ring (bicyclic) bond motifs is 3. The van der Waals surface area contributed by atoms with Crippen molar-refractivity contribution in [2.24, 2.45) is 0 Å². The topological polar surface area (TPSA) is 49.3 Å². The van der Waals surface area contributed by atoms with Crippen LogP contribution in [0.1, 0.15) is 39.0 Å². The van der Waals surface area contributed by atoms with E-state index in [1.54, 1.807) is 6.20 Å². The predicted octanol–water partition coefficient (Wildman–Crippen LogP) is 2.64. The molecule has 6 heteroatoms. The summed E-state index contributed by atoms with van der Waals surface area (Å²) in [6.07, 6.45) is 6.86. The molecule has 0 aromatic carbocycles. The van der Waals surface area contributed by atoms with Gasteiger partial charge in [-0.3, -0.25) is 4.79 Å². The molecule has 20 heavy (non-hydrogen) atoms. The molecule has 0 radical (unpaired) electrons. The fourth-order valence-electron chi connectivity index (χ4n) is 3.12. The van der Waals surface area contributed by atoms with Crippen LogP contribution >= 0.6 is 11.6 Å². The van der Waals surface area contributed by atoms with E-state index in [0.29, 0.717) is 6.54 Å². The highest BCUT2D eigenvalue weighted by molar-refractivity contribution is 6.28. The Labute approximate surface area is 123 Å². The van der Waals surface area contributed by atoms with Crippen LogP contribution < -0.4 is 9.80 Å². The maximum Gasteiger partial charge on any atom is 0.249 e. The van der Waals surface area contributed by atoms with Crippen molar-refractivity contribution in [3.8, 4) is 0 Å². The van der Waals surface area contributed by atoms with Crippen molar-refractivity contribution in [1.29, 1.82) is 0 Å². The van der Waals surface area contributed by atoms with Gasteiger partial charge in [0.25, 0.3) is 0 Å². The van der Waals surface area contributed by atoms with Crippen LogP contribution in [0.25, 0.3) is 0 Å².